The lowest BCUT2D eigenvalue weighted by Gasteiger charge is -2.44. The number of aryl methyl sites for hydroxylation is 1. The van der Waals surface area contributed by atoms with Gasteiger partial charge in [0.1, 0.15) is 0 Å². The molecule has 3 rings (SSSR count). The van der Waals surface area contributed by atoms with E-state index < -0.39 is 22.2 Å². The maximum Gasteiger partial charge on any atom is 0.243 e. The predicted octanol–water partition coefficient (Wildman–Crippen LogP) is 2.10. The Morgan fingerprint density at radius 3 is 2.24 bits per heavy atom. The molecule has 21 heavy (non-hydrogen) atoms. The van der Waals surface area contributed by atoms with Gasteiger partial charge in [0.25, 0.3) is 0 Å². The Kier molecular flexibility index (Phi) is 3.57. The van der Waals surface area contributed by atoms with Gasteiger partial charge in [-0.2, -0.15) is 4.31 Å². The fraction of sp³-hybridized carbons (Fsp3) is 0.250. The first kappa shape index (κ1) is 14.3. The van der Waals surface area contributed by atoms with Crippen LogP contribution in [0.3, 0.4) is 0 Å². The molecule has 1 N–H and O–H groups in total. The molecule has 1 aliphatic rings. The van der Waals surface area contributed by atoms with E-state index in [1.807, 2.05) is 37.3 Å². The SMILES string of the molecule is Cc1ccc(S(=O)(=O)N2C[C@H](O)[C@H]2c2ccccc2)cc1. The average molecular weight is 303 g/mol. The predicted molar refractivity (Wildman–Crippen MR) is 80.3 cm³/mol. The highest BCUT2D eigenvalue weighted by atomic mass is 32.2. The van der Waals surface area contributed by atoms with E-state index in [4.69, 9.17) is 0 Å². The summed E-state index contributed by atoms with van der Waals surface area (Å²) in [7, 11) is -3.58. The van der Waals surface area contributed by atoms with Crippen LogP contribution in [0.4, 0.5) is 0 Å². The van der Waals surface area contributed by atoms with Crippen molar-refractivity contribution < 1.29 is 13.5 Å². The maximum atomic E-state index is 12.7. The number of nitrogens with zero attached hydrogens (tertiary/aromatic N) is 1. The minimum absolute atomic E-state index is 0.135. The summed E-state index contributed by atoms with van der Waals surface area (Å²) in [5.74, 6) is 0. The van der Waals surface area contributed by atoms with Gasteiger partial charge in [0.2, 0.25) is 10.0 Å². The molecular weight excluding hydrogens is 286 g/mol. The number of hydrogen-bond donors (Lipinski definition) is 1. The lowest BCUT2D eigenvalue weighted by molar-refractivity contribution is -0.00935. The van der Waals surface area contributed by atoms with Gasteiger partial charge in [-0.05, 0) is 24.6 Å². The second-order valence-corrected chi connectivity index (χ2v) is 7.20. The highest BCUT2D eigenvalue weighted by molar-refractivity contribution is 7.89. The molecule has 1 heterocycles. The molecule has 0 unspecified atom stereocenters. The summed E-state index contributed by atoms with van der Waals surface area (Å²) in [5.41, 5.74) is 1.82. The normalized spacial score (nSPS) is 22.8. The van der Waals surface area contributed by atoms with Gasteiger partial charge in [-0.3, -0.25) is 0 Å². The van der Waals surface area contributed by atoms with Gasteiger partial charge in [-0.1, -0.05) is 48.0 Å². The first-order chi connectivity index (χ1) is 10.00. The van der Waals surface area contributed by atoms with Crippen molar-refractivity contribution in [2.75, 3.05) is 6.54 Å². The largest absolute Gasteiger partial charge is 0.390 e. The van der Waals surface area contributed by atoms with Gasteiger partial charge in [0.05, 0.1) is 17.0 Å². The number of aliphatic hydroxyl groups excluding tert-OH is 1. The summed E-state index contributed by atoms with van der Waals surface area (Å²) in [6.45, 7) is 2.05. The lowest BCUT2D eigenvalue weighted by atomic mass is 9.95. The van der Waals surface area contributed by atoms with E-state index in [1.165, 1.54) is 4.31 Å². The van der Waals surface area contributed by atoms with Crippen LogP contribution >= 0.6 is 0 Å². The molecule has 1 saturated heterocycles. The zero-order chi connectivity index (χ0) is 15.0. The molecular formula is C16H17NO3S. The molecule has 0 spiro atoms. The van der Waals surface area contributed by atoms with Crippen molar-refractivity contribution in [1.82, 2.24) is 4.31 Å². The van der Waals surface area contributed by atoms with Crippen LogP contribution in [0.15, 0.2) is 59.5 Å². The molecule has 2 aromatic carbocycles. The molecule has 0 amide bonds. The van der Waals surface area contributed by atoms with Crippen LogP contribution in [-0.2, 0) is 10.0 Å². The third kappa shape index (κ3) is 2.48. The van der Waals surface area contributed by atoms with Crippen molar-refractivity contribution in [1.29, 1.82) is 0 Å². The molecule has 0 aliphatic carbocycles. The first-order valence-electron chi connectivity index (χ1n) is 6.81. The minimum Gasteiger partial charge on any atom is -0.390 e. The number of benzene rings is 2. The summed E-state index contributed by atoms with van der Waals surface area (Å²) in [5, 5.41) is 9.98. The van der Waals surface area contributed by atoms with Crippen LogP contribution in [-0.4, -0.2) is 30.5 Å². The fourth-order valence-electron chi connectivity index (χ4n) is 2.58. The van der Waals surface area contributed by atoms with Crippen molar-refractivity contribution >= 4 is 10.0 Å². The zero-order valence-corrected chi connectivity index (χ0v) is 12.5. The Morgan fingerprint density at radius 2 is 1.67 bits per heavy atom. The fourth-order valence-corrected chi connectivity index (χ4v) is 4.24. The van der Waals surface area contributed by atoms with Gasteiger partial charge < -0.3 is 5.11 Å². The molecule has 2 aromatic rings. The van der Waals surface area contributed by atoms with E-state index in [0.29, 0.717) is 0 Å². The summed E-state index contributed by atoms with van der Waals surface area (Å²) < 4.78 is 26.7. The molecule has 1 fully saturated rings. The van der Waals surface area contributed by atoms with E-state index in [9.17, 15) is 13.5 Å². The van der Waals surface area contributed by atoms with Crippen LogP contribution in [0, 0.1) is 6.92 Å². The molecule has 5 heteroatoms. The number of rotatable bonds is 3. The Bertz CT molecular complexity index is 726. The molecule has 2 atom stereocenters. The van der Waals surface area contributed by atoms with E-state index in [-0.39, 0.29) is 11.4 Å². The monoisotopic (exact) mass is 303 g/mol. The van der Waals surface area contributed by atoms with Crippen LogP contribution in [0.5, 0.6) is 0 Å². The van der Waals surface area contributed by atoms with Crippen molar-refractivity contribution in [3.63, 3.8) is 0 Å². The zero-order valence-electron chi connectivity index (χ0n) is 11.7. The lowest BCUT2D eigenvalue weighted by Crippen LogP contribution is -2.55. The average Bonchev–Trinajstić information content (AvgIpc) is 2.46. The van der Waals surface area contributed by atoms with Gasteiger partial charge in [-0.15, -0.1) is 0 Å². The van der Waals surface area contributed by atoms with Crippen molar-refractivity contribution in [3.05, 3.63) is 65.7 Å². The second-order valence-electron chi connectivity index (χ2n) is 5.31. The maximum absolute atomic E-state index is 12.7. The Morgan fingerprint density at radius 1 is 1.05 bits per heavy atom. The topological polar surface area (TPSA) is 57.6 Å². The van der Waals surface area contributed by atoms with Crippen molar-refractivity contribution in [2.24, 2.45) is 0 Å². The third-order valence-corrected chi connectivity index (χ3v) is 5.67. The third-order valence-electron chi connectivity index (χ3n) is 3.81. The highest BCUT2D eigenvalue weighted by Crippen LogP contribution is 2.38. The molecule has 1 aliphatic heterocycles. The number of sulfonamides is 1. The quantitative estimate of drug-likeness (QED) is 0.944. The number of β-amino-alcohol motifs (C(OH)–C–C–N with tert-alkyl or cyclic N) is 1. The van der Waals surface area contributed by atoms with Gasteiger partial charge in [0, 0.05) is 6.54 Å². The van der Waals surface area contributed by atoms with E-state index in [2.05, 4.69) is 0 Å². The minimum atomic E-state index is -3.58. The van der Waals surface area contributed by atoms with Crippen LogP contribution < -0.4 is 0 Å². The van der Waals surface area contributed by atoms with Crippen molar-refractivity contribution in [2.45, 2.75) is 24.0 Å². The highest BCUT2D eigenvalue weighted by Gasteiger charge is 2.46. The smallest absolute Gasteiger partial charge is 0.243 e. The molecule has 110 valence electrons. The summed E-state index contributed by atoms with van der Waals surface area (Å²) in [6.07, 6.45) is -0.660. The van der Waals surface area contributed by atoms with E-state index in [0.717, 1.165) is 11.1 Å². The van der Waals surface area contributed by atoms with E-state index >= 15 is 0 Å². The Balaban J connectivity index is 1.94. The van der Waals surface area contributed by atoms with Crippen LogP contribution in [0.1, 0.15) is 17.2 Å². The summed E-state index contributed by atoms with van der Waals surface area (Å²) in [4.78, 5) is 0.265. The van der Waals surface area contributed by atoms with Crippen LogP contribution in [0.25, 0.3) is 0 Å². The standard InChI is InChI=1S/C16H17NO3S/c1-12-7-9-14(10-8-12)21(19,20)17-11-15(18)16(17)13-5-3-2-4-6-13/h2-10,15-16,18H,11H2,1H3/t15-,16+/m0/s1. The van der Waals surface area contributed by atoms with Gasteiger partial charge >= 0.3 is 0 Å². The molecule has 0 radical (unpaired) electrons. The molecule has 0 aromatic heterocycles. The Hall–Kier alpha value is -1.69. The first-order valence-corrected chi connectivity index (χ1v) is 8.26. The Labute approximate surface area is 124 Å². The summed E-state index contributed by atoms with van der Waals surface area (Å²) >= 11 is 0. The van der Waals surface area contributed by atoms with Gasteiger partial charge in [0.15, 0.2) is 0 Å². The van der Waals surface area contributed by atoms with Crippen LogP contribution in [0.2, 0.25) is 0 Å². The van der Waals surface area contributed by atoms with Crippen molar-refractivity contribution in [3.8, 4) is 0 Å². The number of aliphatic hydroxyl groups is 1. The second kappa shape index (κ2) is 5.26. The molecule has 0 bridgehead atoms. The summed E-state index contributed by atoms with van der Waals surface area (Å²) in [6, 6.07) is 15.5. The van der Waals surface area contributed by atoms with E-state index in [1.54, 1.807) is 24.3 Å². The molecule has 4 nitrogen and oxygen atoms in total. The van der Waals surface area contributed by atoms with Gasteiger partial charge in [-0.25, -0.2) is 8.42 Å². The number of hydrogen-bond acceptors (Lipinski definition) is 3. The molecule has 0 saturated carbocycles.